The highest BCUT2D eigenvalue weighted by Gasteiger charge is 2.09. The molecule has 0 radical (unpaired) electrons. The number of ketones is 1. The Balaban J connectivity index is 1.91. The highest BCUT2D eigenvalue weighted by molar-refractivity contribution is 6.31. The SMILES string of the molecule is Cc1cccc(C(=O)Cn2ccc3cc(Cl)ccc32)c1. The van der Waals surface area contributed by atoms with Gasteiger partial charge in [-0.15, -0.1) is 0 Å². The van der Waals surface area contributed by atoms with Crippen molar-refractivity contribution < 1.29 is 4.79 Å². The monoisotopic (exact) mass is 283 g/mol. The molecule has 0 N–H and O–H groups in total. The van der Waals surface area contributed by atoms with Crippen LogP contribution < -0.4 is 0 Å². The van der Waals surface area contributed by atoms with Crippen molar-refractivity contribution in [1.29, 1.82) is 0 Å². The van der Waals surface area contributed by atoms with E-state index < -0.39 is 0 Å². The van der Waals surface area contributed by atoms with Crippen LogP contribution in [0.5, 0.6) is 0 Å². The second-order valence-electron chi connectivity index (χ2n) is 4.94. The smallest absolute Gasteiger partial charge is 0.182 e. The van der Waals surface area contributed by atoms with Crippen LogP contribution in [0.15, 0.2) is 54.7 Å². The molecule has 0 unspecified atom stereocenters. The van der Waals surface area contributed by atoms with Gasteiger partial charge in [-0.2, -0.15) is 0 Å². The van der Waals surface area contributed by atoms with Crippen LogP contribution in [-0.4, -0.2) is 10.4 Å². The second-order valence-corrected chi connectivity index (χ2v) is 5.38. The van der Waals surface area contributed by atoms with Gasteiger partial charge in [0.2, 0.25) is 0 Å². The van der Waals surface area contributed by atoms with Gasteiger partial charge in [-0.3, -0.25) is 4.79 Å². The second kappa shape index (κ2) is 5.14. The number of aryl methyl sites for hydroxylation is 1. The van der Waals surface area contributed by atoms with Crippen molar-refractivity contribution >= 4 is 28.3 Å². The fraction of sp³-hybridized carbons (Fsp3) is 0.118. The lowest BCUT2D eigenvalue weighted by atomic mass is 10.1. The summed E-state index contributed by atoms with van der Waals surface area (Å²) < 4.78 is 1.95. The molecule has 2 nitrogen and oxygen atoms in total. The predicted octanol–water partition coefficient (Wildman–Crippen LogP) is 4.49. The first-order valence-corrected chi connectivity index (χ1v) is 6.85. The molecule has 1 aromatic heterocycles. The number of hydrogen-bond donors (Lipinski definition) is 0. The molecule has 0 aliphatic rings. The maximum absolute atomic E-state index is 12.3. The Morgan fingerprint density at radius 2 is 2.00 bits per heavy atom. The maximum atomic E-state index is 12.3. The zero-order chi connectivity index (χ0) is 14.1. The zero-order valence-electron chi connectivity index (χ0n) is 11.1. The summed E-state index contributed by atoms with van der Waals surface area (Å²) in [4.78, 5) is 12.3. The highest BCUT2D eigenvalue weighted by Crippen LogP contribution is 2.21. The number of rotatable bonds is 3. The summed E-state index contributed by atoms with van der Waals surface area (Å²) in [6.07, 6.45) is 1.93. The standard InChI is InChI=1S/C17H14ClNO/c1-12-3-2-4-14(9-12)17(20)11-19-8-7-13-10-15(18)5-6-16(13)19/h2-10H,11H2,1H3. The number of halogens is 1. The fourth-order valence-electron chi connectivity index (χ4n) is 2.37. The molecule has 0 saturated carbocycles. The molecule has 1 heterocycles. The number of carbonyl (C=O) groups is 1. The molecule has 20 heavy (non-hydrogen) atoms. The van der Waals surface area contributed by atoms with E-state index in [-0.39, 0.29) is 5.78 Å². The summed E-state index contributed by atoms with van der Waals surface area (Å²) in [5.74, 6) is 0.112. The first kappa shape index (κ1) is 12.9. The molecule has 0 aliphatic carbocycles. The third-order valence-corrected chi connectivity index (χ3v) is 3.62. The number of aromatic nitrogens is 1. The molecular weight excluding hydrogens is 270 g/mol. The van der Waals surface area contributed by atoms with Crippen LogP contribution in [0.25, 0.3) is 10.9 Å². The van der Waals surface area contributed by atoms with E-state index >= 15 is 0 Å². The summed E-state index contributed by atoms with van der Waals surface area (Å²) in [5.41, 5.74) is 2.87. The van der Waals surface area contributed by atoms with E-state index in [1.165, 1.54) is 0 Å². The van der Waals surface area contributed by atoms with Gasteiger partial charge in [0, 0.05) is 27.7 Å². The van der Waals surface area contributed by atoms with Crippen molar-refractivity contribution in [2.45, 2.75) is 13.5 Å². The Labute approximate surface area is 122 Å². The van der Waals surface area contributed by atoms with E-state index in [0.29, 0.717) is 11.6 Å². The Hall–Kier alpha value is -2.06. The zero-order valence-corrected chi connectivity index (χ0v) is 11.9. The van der Waals surface area contributed by atoms with Crippen LogP contribution in [0.1, 0.15) is 15.9 Å². The lowest BCUT2D eigenvalue weighted by Gasteiger charge is -2.06. The van der Waals surface area contributed by atoms with Crippen molar-refractivity contribution in [3.05, 3.63) is 70.9 Å². The fourth-order valence-corrected chi connectivity index (χ4v) is 2.55. The Bertz CT molecular complexity index is 789. The van der Waals surface area contributed by atoms with Gasteiger partial charge in [0.25, 0.3) is 0 Å². The van der Waals surface area contributed by atoms with Crippen LogP contribution in [0.4, 0.5) is 0 Å². The molecule has 100 valence electrons. The Morgan fingerprint density at radius 1 is 1.15 bits per heavy atom. The molecule has 0 aliphatic heterocycles. The van der Waals surface area contributed by atoms with Crippen LogP contribution >= 0.6 is 11.6 Å². The van der Waals surface area contributed by atoms with Crippen molar-refractivity contribution in [3.63, 3.8) is 0 Å². The normalized spacial score (nSPS) is 10.9. The summed E-state index contributed by atoms with van der Waals surface area (Å²) in [6, 6.07) is 15.4. The van der Waals surface area contributed by atoms with Gasteiger partial charge in [0.05, 0.1) is 6.54 Å². The molecule has 3 heteroatoms. The molecular formula is C17H14ClNO. The van der Waals surface area contributed by atoms with Gasteiger partial charge in [0.15, 0.2) is 5.78 Å². The minimum atomic E-state index is 0.112. The molecule has 0 spiro atoms. The predicted molar refractivity (Wildman–Crippen MR) is 82.5 cm³/mol. The number of fused-ring (bicyclic) bond motifs is 1. The van der Waals surface area contributed by atoms with Gasteiger partial charge in [-0.05, 0) is 37.3 Å². The lowest BCUT2D eigenvalue weighted by Crippen LogP contribution is -2.09. The molecule has 0 bridgehead atoms. The number of carbonyl (C=O) groups excluding carboxylic acids is 1. The van der Waals surface area contributed by atoms with Gasteiger partial charge in [-0.1, -0.05) is 35.4 Å². The topological polar surface area (TPSA) is 22.0 Å². The van der Waals surface area contributed by atoms with Crippen LogP contribution in [0.3, 0.4) is 0 Å². The third-order valence-electron chi connectivity index (χ3n) is 3.39. The summed E-state index contributed by atoms with van der Waals surface area (Å²) in [6.45, 7) is 2.33. The highest BCUT2D eigenvalue weighted by atomic mass is 35.5. The average molecular weight is 284 g/mol. The Morgan fingerprint density at radius 3 is 2.80 bits per heavy atom. The van der Waals surface area contributed by atoms with Gasteiger partial charge < -0.3 is 4.57 Å². The van der Waals surface area contributed by atoms with Gasteiger partial charge in [-0.25, -0.2) is 0 Å². The number of benzene rings is 2. The summed E-state index contributed by atoms with van der Waals surface area (Å²) in [5, 5.41) is 1.76. The van der Waals surface area contributed by atoms with E-state index in [9.17, 15) is 4.79 Å². The molecule has 2 aromatic carbocycles. The number of hydrogen-bond acceptors (Lipinski definition) is 1. The van der Waals surface area contributed by atoms with Gasteiger partial charge in [0.1, 0.15) is 0 Å². The largest absolute Gasteiger partial charge is 0.340 e. The average Bonchev–Trinajstić information content (AvgIpc) is 2.81. The molecule has 3 aromatic rings. The summed E-state index contributed by atoms with van der Waals surface area (Å²) in [7, 11) is 0. The first-order valence-electron chi connectivity index (χ1n) is 6.48. The quantitative estimate of drug-likeness (QED) is 0.649. The lowest BCUT2D eigenvalue weighted by molar-refractivity contribution is 0.0973. The van der Waals surface area contributed by atoms with Crippen molar-refractivity contribution in [2.75, 3.05) is 0 Å². The molecule has 0 fully saturated rings. The number of Topliss-reactive ketones (excluding diaryl/α,β-unsaturated/α-hetero) is 1. The van der Waals surface area contributed by atoms with Crippen molar-refractivity contribution in [3.8, 4) is 0 Å². The molecule has 3 rings (SSSR count). The van der Waals surface area contributed by atoms with E-state index in [0.717, 1.165) is 22.0 Å². The Kier molecular flexibility index (Phi) is 3.33. The molecule has 0 saturated heterocycles. The first-order chi connectivity index (χ1) is 9.63. The van der Waals surface area contributed by atoms with Gasteiger partial charge >= 0.3 is 0 Å². The third kappa shape index (κ3) is 2.47. The molecule has 0 atom stereocenters. The molecule has 0 amide bonds. The van der Waals surface area contributed by atoms with Crippen molar-refractivity contribution in [2.24, 2.45) is 0 Å². The van der Waals surface area contributed by atoms with Crippen LogP contribution in [0.2, 0.25) is 5.02 Å². The van der Waals surface area contributed by atoms with Crippen LogP contribution in [-0.2, 0) is 6.54 Å². The van der Waals surface area contributed by atoms with Crippen molar-refractivity contribution in [1.82, 2.24) is 4.57 Å². The van der Waals surface area contributed by atoms with Crippen LogP contribution in [0, 0.1) is 6.92 Å². The number of nitrogens with zero attached hydrogens (tertiary/aromatic N) is 1. The van der Waals surface area contributed by atoms with E-state index in [2.05, 4.69) is 0 Å². The van der Waals surface area contributed by atoms with E-state index in [1.807, 2.05) is 66.2 Å². The minimum Gasteiger partial charge on any atom is -0.340 e. The van der Waals surface area contributed by atoms with E-state index in [1.54, 1.807) is 0 Å². The van der Waals surface area contributed by atoms with E-state index in [4.69, 9.17) is 11.6 Å². The minimum absolute atomic E-state index is 0.112. The summed E-state index contributed by atoms with van der Waals surface area (Å²) >= 11 is 5.97. The maximum Gasteiger partial charge on any atom is 0.182 e.